The van der Waals surface area contributed by atoms with Crippen LogP contribution in [0.5, 0.6) is 5.75 Å². The smallest absolute Gasteiger partial charge is 0.273 e. The molecular formula is C26H21Cl2N3O2. The Kier molecular flexibility index (Phi) is 5.60. The maximum absolute atomic E-state index is 13.5. The largest absolute Gasteiger partial charge is 0.497 e. The van der Waals surface area contributed by atoms with Gasteiger partial charge in [0.2, 0.25) is 0 Å². The minimum absolute atomic E-state index is 0.123. The molecule has 0 saturated carbocycles. The minimum atomic E-state index is -0.408. The summed E-state index contributed by atoms with van der Waals surface area (Å²) < 4.78 is 5.27. The Morgan fingerprint density at radius 3 is 2.42 bits per heavy atom. The number of methoxy groups -OCH3 is 1. The standard InChI is InChI=1S/C26H21Cl2N3O2/c1-15-3-7-17(8-4-15)23-22-24(30-29-23)26(32)31(14-16-5-10-19(33-2)11-6-16)25(22)20-12-9-18(27)13-21(20)28/h3-13,25H,14H2,1-2H3,(H,29,30). The third-order valence-corrected chi connectivity index (χ3v) is 6.52. The molecule has 0 bridgehead atoms. The first kappa shape index (κ1) is 21.6. The van der Waals surface area contributed by atoms with E-state index >= 15 is 0 Å². The molecule has 1 aliphatic heterocycles. The summed E-state index contributed by atoms with van der Waals surface area (Å²) in [5.74, 6) is 0.641. The zero-order valence-electron chi connectivity index (χ0n) is 18.1. The van der Waals surface area contributed by atoms with Gasteiger partial charge in [-0.1, -0.05) is 71.2 Å². The topological polar surface area (TPSA) is 58.2 Å². The number of carbonyl (C=O) groups is 1. The van der Waals surface area contributed by atoms with Crippen LogP contribution < -0.4 is 4.74 Å². The summed E-state index contributed by atoms with van der Waals surface area (Å²) in [6.07, 6.45) is 0. The highest BCUT2D eigenvalue weighted by atomic mass is 35.5. The molecule has 1 atom stereocenters. The Hall–Kier alpha value is -3.28. The third-order valence-electron chi connectivity index (χ3n) is 5.96. The predicted octanol–water partition coefficient (Wildman–Crippen LogP) is 6.45. The van der Waals surface area contributed by atoms with Crippen LogP contribution in [0.4, 0.5) is 0 Å². The van der Waals surface area contributed by atoms with Gasteiger partial charge in [0.25, 0.3) is 5.91 Å². The molecule has 1 amide bonds. The average Bonchev–Trinajstić information content (AvgIpc) is 3.35. The predicted molar refractivity (Wildman–Crippen MR) is 130 cm³/mol. The molecule has 0 fully saturated rings. The number of aryl methyl sites for hydroxylation is 1. The number of benzene rings is 3. The minimum Gasteiger partial charge on any atom is -0.497 e. The second-order valence-corrected chi connectivity index (χ2v) is 8.92. The van der Waals surface area contributed by atoms with E-state index in [9.17, 15) is 4.79 Å². The maximum atomic E-state index is 13.5. The van der Waals surface area contributed by atoms with Crippen LogP contribution >= 0.6 is 23.2 Å². The number of hydrogen-bond donors (Lipinski definition) is 1. The van der Waals surface area contributed by atoms with E-state index in [2.05, 4.69) is 10.2 Å². The molecule has 0 aliphatic carbocycles. The van der Waals surface area contributed by atoms with Crippen molar-refractivity contribution in [1.29, 1.82) is 0 Å². The molecule has 4 aromatic rings. The van der Waals surface area contributed by atoms with Gasteiger partial charge in [0.05, 0.1) is 18.8 Å². The van der Waals surface area contributed by atoms with Crippen molar-refractivity contribution >= 4 is 29.1 Å². The number of ether oxygens (including phenoxy) is 1. The molecule has 166 valence electrons. The molecular weight excluding hydrogens is 457 g/mol. The lowest BCUT2D eigenvalue weighted by Crippen LogP contribution is -2.29. The molecule has 2 heterocycles. The van der Waals surface area contributed by atoms with Gasteiger partial charge in [-0.15, -0.1) is 0 Å². The molecule has 1 aliphatic rings. The number of fused-ring (bicyclic) bond motifs is 1. The zero-order chi connectivity index (χ0) is 23.1. The normalized spacial score (nSPS) is 15.1. The Morgan fingerprint density at radius 1 is 1.03 bits per heavy atom. The van der Waals surface area contributed by atoms with Crippen molar-refractivity contribution in [2.75, 3.05) is 7.11 Å². The highest BCUT2D eigenvalue weighted by Crippen LogP contribution is 2.45. The number of carbonyl (C=O) groups excluding carboxylic acids is 1. The third kappa shape index (κ3) is 3.88. The van der Waals surface area contributed by atoms with E-state index in [0.717, 1.165) is 39.3 Å². The van der Waals surface area contributed by atoms with Crippen LogP contribution in [-0.4, -0.2) is 28.1 Å². The van der Waals surface area contributed by atoms with Crippen LogP contribution in [0, 0.1) is 6.92 Å². The van der Waals surface area contributed by atoms with E-state index in [1.54, 1.807) is 19.2 Å². The van der Waals surface area contributed by atoms with Gasteiger partial charge >= 0.3 is 0 Å². The van der Waals surface area contributed by atoms with Crippen LogP contribution in [0.15, 0.2) is 66.7 Å². The molecule has 1 unspecified atom stereocenters. The lowest BCUT2D eigenvalue weighted by molar-refractivity contribution is 0.0730. The van der Waals surface area contributed by atoms with Crippen molar-refractivity contribution in [3.63, 3.8) is 0 Å². The van der Waals surface area contributed by atoms with E-state index in [-0.39, 0.29) is 5.91 Å². The van der Waals surface area contributed by atoms with Gasteiger partial charge in [-0.2, -0.15) is 5.10 Å². The number of nitrogens with zero attached hydrogens (tertiary/aromatic N) is 2. The second kappa shape index (κ2) is 8.58. The molecule has 0 radical (unpaired) electrons. The van der Waals surface area contributed by atoms with Crippen molar-refractivity contribution in [3.05, 3.63) is 105 Å². The number of halogens is 2. The molecule has 7 heteroatoms. The van der Waals surface area contributed by atoms with E-state index in [0.29, 0.717) is 22.3 Å². The van der Waals surface area contributed by atoms with Gasteiger partial charge in [0, 0.05) is 27.7 Å². The first-order valence-corrected chi connectivity index (χ1v) is 11.3. The summed E-state index contributed by atoms with van der Waals surface area (Å²) in [4.78, 5) is 15.4. The van der Waals surface area contributed by atoms with Crippen LogP contribution in [-0.2, 0) is 6.54 Å². The van der Waals surface area contributed by atoms with Crippen LogP contribution in [0.25, 0.3) is 11.3 Å². The number of amides is 1. The molecule has 5 rings (SSSR count). The first-order valence-electron chi connectivity index (χ1n) is 10.5. The van der Waals surface area contributed by atoms with Crippen molar-refractivity contribution in [3.8, 4) is 17.0 Å². The summed E-state index contributed by atoms with van der Waals surface area (Å²) in [6.45, 7) is 2.44. The fraction of sp³-hybridized carbons (Fsp3) is 0.154. The van der Waals surface area contributed by atoms with Gasteiger partial charge in [-0.3, -0.25) is 9.89 Å². The number of H-pyrrole nitrogens is 1. The fourth-order valence-corrected chi connectivity index (χ4v) is 4.78. The monoisotopic (exact) mass is 477 g/mol. The summed E-state index contributed by atoms with van der Waals surface area (Å²) in [5, 5.41) is 8.55. The van der Waals surface area contributed by atoms with Crippen LogP contribution in [0.2, 0.25) is 10.0 Å². The lowest BCUT2D eigenvalue weighted by atomic mass is 9.95. The summed E-state index contributed by atoms with van der Waals surface area (Å²) in [7, 11) is 1.63. The molecule has 0 saturated heterocycles. The van der Waals surface area contributed by atoms with Crippen molar-refractivity contribution in [2.24, 2.45) is 0 Å². The van der Waals surface area contributed by atoms with E-state index in [1.165, 1.54) is 0 Å². The maximum Gasteiger partial charge on any atom is 0.273 e. The van der Waals surface area contributed by atoms with Crippen molar-refractivity contribution in [1.82, 2.24) is 15.1 Å². The van der Waals surface area contributed by atoms with Crippen molar-refractivity contribution < 1.29 is 9.53 Å². The van der Waals surface area contributed by atoms with Gasteiger partial charge in [0.1, 0.15) is 11.4 Å². The number of aromatic amines is 1. The number of hydrogen-bond acceptors (Lipinski definition) is 3. The highest BCUT2D eigenvalue weighted by molar-refractivity contribution is 6.35. The summed E-state index contributed by atoms with van der Waals surface area (Å²) >= 11 is 12.8. The van der Waals surface area contributed by atoms with E-state index < -0.39 is 6.04 Å². The number of rotatable bonds is 5. The molecule has 3 aromatic carbocycles. The Bertz CT molecular complexity index is 1330. The molecule has 33 heavy (non-hydrogen) atoms. The quantitative estimate of drug-likeness (QED) is 0.359. The van der Waals surface area contributed by atoms with E-state index in [4.69, 9.17) is 27.9 Å². The molecule has 1 N–H and O–H groups in total. The Balaban J connectivity index is 1.63. The van der Waals surface area contributed by atoms with Gasteiger partial charge in [-0.05, 0) is 42.3 Å². The fourth-order valence-electron chi connectivity index (χ4n) is 4.27. The van der Waals surface area contributed by atoms with Crippen molar-refractivity contribution in [2.45, 2.75) is 19.5 Å². The van der Waals surface area contributed by atoms with Crippen LogP contribution in [0.3, 0.4) is 0 Å². The Morgan fingerprint density at radius 2 is 1.76 bits per heavy atom. The summed E-state index contributed by atoms with van der Waals surface area (Å²) in [5.41, 5.74) is 5.92. The first-order chi connectivity index (χ1) is 16.0. The average molecular weight is 478 g/mol. The number of nitrogens with one attached hydrogen (secondary N) is 1. The zero-order valence-corrected chi connectivity index (χ0v) is 19.6. The van der Waals surface area contributed by atoms with Gasteiger partial charge in [0.15, 0.2) is 0 Å². The highest BCUT2D eigenvalue weighted by Gasteiger charge is 2.42. The SMILES string of the molecule is COc1ccc(CN2C(=O)c3[nH]nc(-c4ccc(C)cc4)c3C2c2ccc(Cl)cc2Cl)cc1. The molecule has 5 nitrogen and oxygen atoms in total. The molecule has 0 spiro atoms. The van der Waals surface area contributed by atoms with Gasteiger partial charge < -0.3 is 9.64 Å². The lowest BCUT2D eigenvalue weighted by Gasteiger charge is -2.27. The molecule has 1 aromatic heterocycles. The number of aromatic nitrogens is 2. The summed E-state index contributed by atoms with van der Waals surface area (Å²) in [6, 6.07) is 20.8. The van der Waals surface area contributed by atoms with E-state index in [1.807, 2.05) is 66.4 Å². The van der Waals surface area contributed by atoms with Gasteiger partial charge in [-0.25, -0.2) is 0 Å². The Labute approximate surface area is 201 Å². The second-order valence-electron chi connectivity index (χ2n) is 8.08. The van der Waals surface area contributed by atoms with Crippen LogP contribution in [0.1, 0.15) is 38.8 Å².